The molecule has 0 aliphatic heterocycles. The van der Waals surface area contributed by atoms with Crippen LogP contribution in [0.2, 0.25) is 0 Å². The van der Waals surface area contributed by atoms with Crippen LogP contribution in [0.4, 0.5) is 5.69 Å². The third-order valence-corrected chi connectivity index (χ3v) is 6.36. The first-order valence-electron chi connectivity index (χ1n) is 12.7. The largest absolute Gasteiger partial charge is 0.461 e. The lowest BCUT2D eigenvalue weighted by molar-refractivity contribution is -0.161. The molecule has 8 nitrogen and oxygen atoms in total. The zero-order chi connectivity index (χ0) is 28.8. The van der Waals surface area contributed by atoms with Crippen LogP contribution in [-0.4, -0.2) is 48.3 Å². The number of ether oxygens (including phenoxy) is 3. The molecule has 2 N–H and O–H groups in total. The zero-order valence-electron chi connectivity index (χ0n) is 22.0. The van der Waals surface area contributed by atoms with Gasteiger partial charge in [0.2, 0.25) is 5.54 Å². The highest BCUT2D eigenvalue weighted by Crippen LogP contribution is 2.30. The smallest absolute Gasteiger partial charge is 0.343 e. The summed E-state index contributed by atoms with van der Waals surface area (Å²) >= 11 is 11.9. The molecule has 0 aromatic heterocycles. The summed E-state index contributed by atoms with van der Waals surface area (Å²) < 4.78 is 16.4. The average molecular weight is 588 g/mol. The van der Waals surface area contributed by atoms with E-state index < -0.39 is 23.4 Å². The van der Waals surface area contributed by atoms with E-state index in [0.29, 0.717) is 36.1 Å². The summed E-state index contributed by atoms with van der Waals surface area (Å²) in [7, 11) is 0. The van der Waals surface area contributed by atoms with Crippen LogP contribution in [0.25, 0.3) is 0 Å². The molecular weight excluding hydrogens is 555 g/mol. The van der Waals surface area contributed by atoms with E-state index in [4.69, 9.17) is 43.1 Å². The highest BCUT2D eigenvalue weighted by atomic mass is 35.5. The van der Waals surface area contributed by atoms with Crippen LogP contribution in [0.5, 0.6) is 5.75 Å². The van der Waals surface area contributed by atoms with Gasteiger partial charge in [0, 0.05) is 31.3 Å². The molecule has 3 aromatic carbocycles. The number of nitrogens with two attached hydrogens (primary N) is 1. The van der Waals surface area contributed by atoms with Gasteiger partial charge in [-0.1, -0.05) is 72.8 Å². The molecule has 0 heterocycles. The van der Waals surface area contributed by atoms with Gasteiger partial charge in [-0.3, -0.25) is 4.79 Å². The number of carbonyl (C=O) groups excluding carboxylic acids is 3. The van der Waals surface area contributed by atoms with E-state index in [1.807, 2.05) is 41.3 Å². The third-order valence-electron chi connectivity index (χ3n) is 6.02. The van der Waals surface area contributed by atoms with E-state index in [-0.39, 0.29) is 31.8 Å². The second kappa shape index (κ2) is 15.9. The molecule has 0 aliphatic rings. The maximum atomic E-state index is 13.5. The predicted octanol–water partition coefficient (Wildman–Crippen LogP) is 4.84. The fourth-order valence-electron chi connectivity index (χ4n) is 3.80. The number of benzene rings is 3. The molecule has 40 heavy (non-hydrogen) atoms. The molecule has 1 atom stereocenters. The molecule has 0 radical (unpaired) electrons. The number of nitrogens with zero attached hydrogens (tertiary/aromatic N) is 1. The molecule has 10 heteroatoms. The molecule has 3 aromatic rings. The van der Waals surface area contributed by atoms with Crippen molar-refractivity contribution < 1.29 is 28.6 Å². The topological polar surface area (TPSA) is 108 Å². The second-order valence-corrected chi connectivity index (χ2v) is 9.66. The fraction of sp³-hybridized carbons (Fsp3) is 0.300. The number of rotatable bonds is 15. The van der Waals surface area contributed by atoms with Crippen molar-refractivity contribution in [2.24, 2.45) is 5.73 Å². The molecule has 3 rings (SSSR count). The van der Waals surface area contributed by atoms with Crippen LogP contribution in [0.3, 0.4) is 0 Å². The number of hydrogen-bond donors (Lipinski definition) is 1. The summed E-state index contributed by atoms with van der Waals surface area (Å²) in [6.45, 7) is 0.830. The van der Waals surface area contributed by atoms with E-state index >= 15 is 0 Å². The van der Waals surface area contributed by atoms with Gasteiger partial charge in [0.15, 0.2) is 5.75 Å². The van der Waals surface area contributed by atoms with E-state index in [1.54, 1.807) is 48.5 Å². The van der Waals surface area contributed by atoms with Crippen LogP contribution in [0.1, 0.15) is 24.0 Å². The molecular formula is C30H32Cl2N2O6. The first-order chi connectivity index (χ1) is 19.4. The van der Waals surface area contributed by atoms with Crippen LogP contribution in [0, 0.1) is 0 Å². The van der Waals surface area contributed by atoms with Crippen LogP contribution < -0.4 is 15.4 Å². The number of alkyl halides is 2. The van der Waals surface area contributed by atoms with Crippen molar-refractivity contribution in [1.29, 1.82) is 0 Å². The number of carbonyl (C=O) groups is 3. The van der Waals surface area contributed by atoms with Crippen molar-refractivity contribution in [3.8, 4) is 5.75 Å². The SMILES string of the molecule is N[C@@](CCC(=O)OCc1ccccc1)(C(=O)OCc1ccccc1)C(=O)Oc1ccccc1N(CCCl)CCCl. The lowest BCUT2D eigenvalue weighted by atomic mass is 9.94. The Balaban J connectivity index is 1.78. The number of para-hydroxylation sites is 2. The molecule has 0 saturated heterocycles. The molecule has 0 amide bonds. The van der Waals surface area contributed by atoms with Gasteiger partial charge in [-0.05, 0) is 29.7 Å². The van der Waals surface area contributed by atoms with E-state index in [9.17, 15) is 14.4 Å². The van der Waals surface area contributed by atoms with Gasteiger partial charge in [-0.15, -0.1) is 23.2 Å². The quantitative estimate of drug-likeness (QED) is 0.117. The van der Waals surface area contributed by atoms with Gasteiger partial charge in [-0.2, -0.15) is 0 Å². The Morgan fingerprint density at radius 2 is 1.25 bits per heavy atom. The van der Waals surface area contributed by atoms with Crippen molar-refractivity contribution in [1.82, 2.24) is 0 Å². The van der Waals surface area contributed by atoms with Crippen LogP contribution in [-0.2, 0) is 37.1 Å². The van der Waals surface area contributed by atoms with E-state index in [1.165, 1.54) is 0 Å². The molecule has 0 fully saturated rings. The Kier molecular flexibility index (Phi) is 12.3. The summed E-state index contributed by atoms with van der Waals surface area (Å²) in [6, 6.07) is 24.8. The highest BCUT2D eigenvalue weighted by Gasteiger charge is 2.46. The van der Waals surface area contributed by atoms with Crippen molar-refractivity contribution in [2.45, 2.75) is 31.6 Å². The lowest BCUT2D eigenvalue weighted by Gasteiger charge is -2.28. The summed E-state index contributed by atoms with van der Waals surface area (Å²) in [6.07, 6.45) is -0.701. The maximum absolute atomic E-state index is 13.5. The molecule has 212 valence electrons. The van der Waals surface area contributed by atoms with Gasteiger partial charge in [-0.25, -0.2) is 9.59 Å². The predicted molar refractivity (Wildman–Crippen MR) is 154 cm³/mol. The van der Waals surface area contributed by atoms with E-state index in [0.717, 1.165) is 5.56 Å². The Labute approximate surface area is 243 Å². The van der Waals surface area contributed by atoms with Crippen molar-refractivity contribution in [2.75, 3.05) is 29.7 Å². The second-order valence-electron chi connectivity index (χ2n) is 8.90. The summed E-state index contributed by atoms with van der Waals surface area (Å²) in [5.74, 6) is -1.91. The number of hydrogen-bond acceptors (Lipinski definition) is 8. The van der Waals surface area contributed by atoms with Crippen molar-refractivity contribution in [3.05, 3.63) is 96.1 Å². The van der Waals surface area contributed by atoms with Crippen LogP contribution in [0.15, 0.2) is 84.9 Å². The standard InChI is InChI=1S/C30H32Cl2N2O6/c31-17-19-34(20-18-32)25-13-7-8-14-26(25)40-29(37)30(33,28(36)39-22-24-11-5-2-6-12-24)16-15-27(35)38-21-23-9-3-1-4-10-23/h1-14H,15-22,33H2/t30-/m0/s1. The van der Waals surface area contributed by atoms with Gasteiger partial charge in [0.25, 0.3) is 0 Å². The Hall–Kier alpha value is -3.59. The molecule has 0 spiro atoms. The average Bonchev–Trinajstić information content (AvgIpc) is 2.98. The monoisotopic (exact) mass is 586 g/mol. The van der Waals surface area contributed by atoms with Gasteiger partial charge in [0.05, 0.1) is 5.69 Å². The minimum absolute atomic E-state index is 0.0461. The van der Waals surface area contributed by atoms with Gasteiger partial charge >= 0.3 is 17.9 Å². The maximum Gasteiger partial charge on any atom is 0.343 e. The molecule has 0 aliphatic carbocycles. The first-order valence-corrected chi connectivity index (χ1v) is 13.8. The van der Waals surface area contributed by atoms with Gasteiger partial charge in [0.1, 0.15) is 13.2 Å². The van der Waals surface area contributed by atoms with Crippen molar-refractivity contribution in [3.63, 3.8) is 0 Å². The Morgan fingerprint density at radius 1 is 0.725 bits per heavy atom. The summed E-state index contributed by atoms with van der Waals surface area (Å²) in [5, 5.41) is 0. The minimum Gasteiger partial charge on any atom is -0.461 e. The minimum atomic E-state index is -2.28. The van der Waals surface area contributed by atoms with Gasteiger partial charge < -0.3 is 24.8 Å². The lowest BCUT2D eigenvalue weighted by Crippen LogP contribution is -2.57. The summed E-state index contributed by atoms with van der Waals surface area (Å²) in [4.78, 5) is 41.1. The van der Waals surface area contributed by atoms with E-state index in [2.05, 4.69) is 0 Å². The number of anilines is 1. The number of halogens is 2. The zero-order valence-corrected chi connectivity index (χ0v) is 23.5. The first kappa shape index (κ1) is 30.9. The van der Waals surface area contributed by atoms with Crippen LogP contribution >= 0.6 is 23.2 Å². The number of esters is 3. The molecule has 0 unspecified atom stereocenters. The highest BCUT2D eigenvalue weighted by molar-refractivity contribution is 6.18. The summed E-state index contributed by atoms with van der Waals surface area (Å²) in [5.41, 5.74) is 6.16. The third kappa shape index (κ3) is 8.98. The molecule has 0 saturated carbocycles. The molecule has 0 bridgehead atoms. The fourth-order valence-corrected chi connectivity index (χ4v) is 4.21. The Bertz CT molecular complexity index is 1240. The normalized spacial score (nSPS) is 12.2. The van der Waals surface area contributed by atoms with Crippen molar-refractivity contribution >= 4 is 46.8 Å². The Morgan fingerprint density at radius 3 is 1.82 bits per heavy atom.